The van der Waals surface area contributed by atoms with Gasteiger partial charge in [-0.25, -0.2) is 4.79 Å². The summed E-state index contributed by atoms with van der Waals surface area (Å²) >= 11 is 4.13. The highest BCUT2D eigenvalue weighted by Gasteiger charge is 2.38. The largest absolute Gasteiger partial charge is 0.480 e. The zero-order chi connectivity index (χ0) is 17.8. The first-order valence-corrected chi connectivity index (χ1v) is 8.78. The molecule has 3 atom stereocenters. The van der Waals surface area contributed by atoms with E-state index >= 15 is 0 Å². The highest BCUT2D eigenvalue weighted by atomic mass is 32.1. The molecular formula is C18H29NO3S. The summed E-state index contributed by atoms with van der Waals surface area (Å²) in [5.41, 5.74) is 0.603. The molecule has 130 valence electrons. The van der Waals surface area contributed by atoms with Gasteiger partial charge in [-0.15, -0.1) is 0 Å². The normalized spacial score (nSPS) is 25.0. The van der Waals surface area contributed by atoms with Gasteiger partial charge in [-0.3, -0.25) is 4.79 Å². The molecule has 0 saturated carbocycles. The smallest absolute Gasteiger partial charge is 0.327 e. The van der Waals surface area contributed by atoms with E-state index in [2.05, 4.69) is 45.6 Å². The summed E-state index contributed by atoms with van der Waals surface area (Å²) in [6.07, 6.45) is 6.74. The molecule has 0 aliphatic heterocycles. The summed E-state index contributed by atoms with van der Waals surface area (Å²) in [5.74, 6) is -0.537. The number of hydrogen-bond acceptors (Lipinski definition) is 4. The number of carboxylic acid groups (broad SMARTS) is 1. The molecule has 5 heteroatoms. The van der Waals surface area contributed by atoms with Crippen LogP contribution in [0.2, 0.25) is 0 Å². The van der Waals surface area contributed by atoms with E-state index in [4.69, 9.17) is 0 Å². The van der Waals surface area contributed by atoms with E-state index < -0.39 is 12.0 Å². The number of carboxylic acids is 1. The van der Waals surface area contributed by atoms with Crippen LogP contribution in [0.3, 0.4) is 0 Å². The fourth-order valence-corrected chi connectivity index (χ4v) is 3.94. The van der Waals surface area contributed by atoms with Crippen LogP contribution in [-0.4, -0.2) is 40.1 Å². The molecule has 4 nitrogen and oxygen atoms in total. The first-order valence-electron chi connectivity index (χ1n) is 8.14. The monoisotopic (exact) mass is 339 g/mol. The minimum absolute atomic E-state index is 0.0751. The predicted octanol–water partition coefficient (Wildman–Crippen LogP) is 3.40. The Morgan fingerprint density at radius 2 is 2.09 bits per heavy atom. The number of ketones is 1. The first kappa shape index (κ1) is 19.8. The summed E-state index contributed by atoms with van der Waals surface area (Å²) < 4.78 is 0. The predicted molar refractivity (Wildman–Crippen MR) is 96.6 cm³/mol. The summed E-state index contributed by atoms with van der Waals surface area (Å²) in [5, 5.41) is 9.32. The SMILES string of the molecule is CCN(C(C)=CC(=O)C1C(C)C=CCC1(C)C)[C@@H](CS)C(=O)O. The Hall–Kier alpha value is -1.23. The van der Waals surface area contributed by atoms with Crippen molar-refractivity contribution in [1.82, 2.24) is 4.90 Å². The molecule has 0 amide bonds. The van der Waals surface area contributed by atoms with Gasteiger partial charge in [0.2, 0.25) is 0 Å². The summed E-state index contributed by atoms with van der Waals surface area (Å²) in [7, 11) is 0. The average Bonchev–Trinajstić information content (AvgIpc) is 2.42. The van der Waals surface area contributed by atoms with Crippen LogP contribution in [0.15, 0.2) is 23.9 Å². The van der Waals surface area contributed by atoms with Gasteiger partial charge in [-0.2, -0.15) is 12.6 Å². The zero-order valence-electron chi connectivity index (χ0n) is 14.7. The third kappa shape index (κ3) is 4.63. The van der Waals surface area contributed by atoms with Crippen molar-refractivity contribution in [3.05, 3.63) is 23.9 Å². The van der Waals surface area contributed by atoms with E-state index in [1.54, 1.807) is 17.9 Å². The molecule has 23 heavy (non-hydrogen) atoms. The van der Waals surface area contributed by atoms with E-state index in [0.29, 0.717) is 12.2 Å². The van der Waals surface area contributed by atoms with Crippen molar-refractivity contribution >= 4 is 24.4 Å². The lowest BCUT2D eigenvalue weighted by Gasteiger charge is -2.38. The molecule has 0 spiro atoms. The molecule has 2 unspecified atom stereocenters. The zero-order valence-corrected chi connectivity index (χ0v) is 15.6. The number of hydrogen-bond donors (Lipinski definition) is 2. The summed E-state index contributed by atoms with van der Waals surface area (Å²) in [6, 6.07) is -0.718. The number of nitrogens with zero attached hydrogens (tertiary/aromatic N) is 1. The van der Waals surface area contributed by atoms with Gasteiger partial charge in [-0.05, 0) is 31.6 Å². The Balaban J connectivity index is 3.05. The number of thiol groups is 1. The number of rotatable bonds is 7. The fraction of sp³-hybridized carbons (Fsp3) is 0.667. The van der Waals surface area contributed by atoms with Crippen LogP contribution >= 0.6 is 12.6 Å². The van der Waals surface area contributed by atoms with E-state index in [0.717, 1.165) is 6.42 Å². The maximum atomic E-state index is 12.8. The molecular weight excluding hydrogens is 310 g/mol. The molecule has 0 fully saturated rings. The van der Waals surface area contributed by atoms with Gasteiger partial charge in [0.25, 0.3) is 0 Å². The van der Waals surface area contributed by atoms with Gasteiger partial charge in [0.05, 0.1) is 0 Å². The Morgan fingerprint density at radius 1 is 1.48 bits per heavy atom. The van der Waals surface area contributed by atoms with E-state index in [9.17, 15) is 14.7 Å². The van der Waals surface area contributed by atoms with Gasteiger partial charge in [-0.1, -0.05) is 32.9 Å². The van der Waals surface area contributed by atoms with Gasteiger partial charge in [0.1, 0.15) is 6.04 Å². The van der Waals surface area contributed by atoms with E-state index in [-0.39, 0.29) is 28.8 Å². The standard InChI is InChI=1S/C18H29NO3S/c1-6-19(14(11-23)17(21)22)13(3)10-15(20)16-12(2)8-7-9-18(16,4)5/h7-8,10,12,14,16,23H,6,9,11H2,1-5H3,(H,21,22)/t12?,14-,16?/m0/s1. The van der Waals surface area contributed by atoms with Crippen LogP contribution in [0.5, 0.6) is 0 Å². The van der Waals surface area contributed by atoms with Crippen molar-refractivity contribution < 1.29 is 14.7 Å². The molecule has 0 bridgehead atoms. The molecule has 1 rings (SSSR count). The summed E-state index contributed by atoms with van der Waals surface area (Å²) in [4.78, 5) is 25.9. The molecule has 0 aromatic heterocycles. The third-order valence-corrected chi connectivity index (χ3v) is 5.08. The van der Waals surface area contributed by atoms with Gasteiger partial charge in [0.15, 0.2) is 5.78 Å². The molecule has 0 radical (unpaired) electrons. The van der Waals surface area contributed by atoms with Crippen LogP contribution in [0.25, 0.3) is 0 Å². The van der Waals surface area contributed by atoms with E-state index in [1.807, 2.05) is 6.92 Å². The number of aliphatic carboxylic acids is 1. The minimum atomic E-state index is -0.920. The van der Waals surface area contributed by atoms with Crippen LogP contribution in [0.4, 0.5) is 0 Å². The maximum Gasteiger partial charge on any atom is 0.327 e. The lowest BCUT2D eigenvalue weighted by molar-refractivity contribution is -0.141. The van der Waals surface area contributed by atoms with Crippen molar-refractivity contribution in [3.63, 3.8) is 0 Å². The van der Waals surface area contributed by atoms with Crippen LogP contribution in [0, 0.1) is 17.3 Å². The fourth-order valence-electron chi connectivity index (χ4n) is 3.58. The lowest BCUT2D eigenvalue weighted by Crippen LogP contribution is -2.42. The first-order chi connectivity index (χ1) is 10.7. The van der Waals surface area contributed by atoms with Crippen molar-refractivity contribution in [3.8, 4) is 0 Å². The molecule has 0 heterocycles. The third-order valence-electron chi connectivity index (χ3n) is 4.74. The van der Waals surface area contributed by atoms with Crippen molar-refractivity contribution in [1.29, 1.82) is 0 Å². The lowest BCUT2D eigenvalue weighted by atomic mass is 9.65. The highest BCUT2D eigenvalue weighted by molar-refractivity contribution is 7.80. The Kier molecular flexibility index (Phi) is 6.93. The van der Waals surface area contributed by atoms with Crippen molar-refractivity contribution in [2.24, 2.45) is 17.3 Å². The van der Waals surface area contributed by atoms with Crippen LogP contribution in [0.1, 0.15) is 41.0 Å². The Morgan fingerprint density at radius 3 is 2.52 bits per heavy atom. The topological polar surface area (TPSA) is 57.6 Å². The molecule has 1 N–H and O–H groups in total. The second kappa shape index (κ2) is 8.04. The maximum absolute atomic E-state index is 12.8. The molecule has 1 aliphatic rings. The van der Waals surface area contributed by atoms with Gasteiger partial charge < -0.3 is 10.0 Å². The van der Waals surface area contributed by atoms with Crippen molar-refractivity contribution in [2.75, 3.05) is 12.3 Å². The van der Waals surface area contributed by atoms with Crippen molar-refractivity contribution in [2.45, 2.75) is 47.1 Å². The molecule has 0 aromatic carbocycles. The van der Waals surface area contributed by atoms with Gasteiger partial charge in [0, 0.05) is 30.0 Å². The number of carbonyl (C=O) groups is 2. The minimum Gasteiger partial charge on any atom is -0.480 e. The number of carbonyl (C=O) groups excluding carboxylic acids is 1. The van der Waals surface area contributed by atoms with Crippen LogP contribution < -0.4 is 0 Å². The molecule has 1 aliphatic carbocycles. The second-order valence-corrected chi connectivity index (χ2v) is 7.33. The average molecular weight is 340 g/mol. The summed E-state index contributed by atoms with van der Waals surface area (Å²) in [6.45, 7) is 10.5. The van der Waals surface area contributed by atoms with Crippen LogP contribution in [-0.2, 0) is 9.59 Å². The number of likely N-dealkylation sites (N-methyl/N-ethyl adjacent to an activating group) is 1. The second-order valence-electron chi connectivity index (χ2n) is 6.97. The molecule has 0 saturated heterocycles. The quantitative estimate of drug-likeness (QED) is 0.424. The Labute approximate surface area is 145 Å². The Bertz CT molecular complexity index is 510. The molecule has 0 aromatic rings. The number of allylic oxidation sites excluding steroid dienone is 4. The highest BCUT2D eigenvalue weighted by Crippen LogP contribution is 2.41. The van der Waals surface area contributed by atoms with Gasteiger partial charge >= 0.3 is 5.97 Å². The van der Waals surface area contributed by atoms with E-state index in [1.165, 1.54) is 0 Å².